The molecule has 2 N–H and O–H groups in total. The summed E-state index contributed by atoms with van der Waals surface area (Å²) in [6.45, 7) is 2.05. The SMILES string of the molecule is CCCc1cc(F)cc2cc(-c3ccc(-c4ccc(C(=O)O)cc4)[nH]3)oc12. The molecule has 0 aliphatic carbocycles. The predicted molar refractivity (Wildman–Crippen MR) is 102 cm³/mol. The third-order valence-corrected chi connectivity index (χ3v) is 4.57. The van der Waals surface area contributed by atoms with Gasteiger partial charge in [0.25, 0.3) is 0 Å². The first-order valence-corrected chi connectivity index (χ1v) is 8.80. The van der Waals surface area contributed by atoms with Crippen molar-refractivity contribution in [3.05, 3.63) is 71.5 Å². The molecule has 0 bridgehead atoms. The third-order valence-electron chi connectivity index (χ3n) is 4.57. The standard InChI is InChI=1S/C22H18FNO3/c1-2-3-15-10-17(23)11-16-12-20(27-21(15)16)19-9-8-18(24-19)13-4-6-14(7-5-13)22(25)26/h4-12,24H,2-3H2,1H3,(H,25,26). The molecule has 2 aromatic carbocycles. The van der Waals surface area contributed by atoms with Crippen LogP contribution in [0.15, 0.2) is 59.0 Å². The second kappa shape index (κ2) is 6.76. The van der Waals surface area contributed by atoms with Crippen LogP contribution in [0.2, 0.25) is 0 Å². The van der Waals surface area contributed by atoms with Crippen molar-refractivity contribution in [3.8, 4) is 22.7 Å². The average Bonchev–Trinajstić information content (AvgIpc) is 3.29. The number of carbonyl (C=O) groups is 1. The molecule has 0 radical (unpaired) electrons. The molecular weight excluding hydrogens is 345 g/mol. The zero-order valence-electron chi connectivity index (χ0n) is 14.8. The summed E-state index contributed by atoms with van der Waals surface area (Å²) < 4.78 is 19.9. The second-order valence-electron chi connectivity index (χ2n) is 6.51. The molecule has 27 heavy (non-hydrogen) atoms. The summed E-state index contributed by atoms with van der Waals surface area (Å²) in [5.41, 5.74) is 4.34. The topological polar surface area (TPSA) is 66.2 Å². The van der Waals surface area contributed by atoms with Crippen LogP contribution in [0.5, 0.6) is 0 Å². The van der Waals surface area contributed by atoms with Crippen LogP contribution in [0.4, 0.5) is 4.39 Å². The number of furan rings is 1. The summed E-state index contributed by atoms with van der Waals surface area (Å²) in [6, 6.07) is 15.3. The number of rotatable bonds is 5. The molecule has 0 aliphatic rings. The molecular formula is C22H18FNO3. The van der Waals surface area contributed by atoms with E-state index in [-0.39, 0.29) is 11.4 Å². The Labute approximate surface area is 155 Å². The van der Waals surface area contributed by atoms with Crippen LogP contribution in [0.1, 0.15) is 29.3 Å². The number of aromatic carboxylic acids is 1. The summed E-state index contributed by atoms with van der Waals surface area (Å²) in [4.78, 5) is 14.3. The molecule has 136 valence electrons. The van der Waals surface area contributed by atoms with Gasteiger partial charge in [0, 0.05) is 11.1 Å². The Morgan fingerprint density at radius 3 is 2.52 bits per heavy atom. The number of aryl methyl sites for hydroxylation is 1. The first kappa shape index (κ1) is 17.1. The van der Waals surface area contributed by atoms with E-state index < -0.39 is 5.97 Å². The van der Waals surface area contributed by atoms with E-state index in [1.54, 1.807) is 24.3 Å². The molecule has 4 nitrogen and oxygen atoms in total. The normalized spacial score (nSPS) is 11.2. The van der Waals surface area contributed by atoms with Crippen molar-refractivity contribution in [3.63, 3.8) is 0 Å². The van der Waals surface area contributed by atoms with Gasteiger partial charge in [0.05, 0.1) is 11.3 Å². The van der Waals surface area contributed by atoms with Crippen LogP contribution in [-0.2, 0) is 6.42 Å². The van der Waals surface area contributed by atoms with Crippen LogP contribution >= 0.6 is 0 Å². The first-order chi connectivity index (χ1) is 13.0. The number of hydrogen-bond donors (Lipinski definition) is 2. The van der Waals surface area contributed by atoms with Gasteiger partial charge in [0.2, 0.25) is 0 Å². The predicted octanol–water partition coefficient (Wildman–Crippen LogP) is 5.88. The second-order valence-corrected chi connectivity index (χ2v) is 6.51. The molecule has 2 aromatic heterocycles. The Balaban J connectivity index is 1.70. The molecule has 4 aromatic rings. The summed E-state index contributed by atoms with van der Waals surface area (Å²) in [7, 11) is 0. The zero-order valence-corrected chi connectivity index (χ0v) is 14.8. The minimum absolute atomic E-state index is 0.244. The van der Waals surface area contributed by atoms with E-state index in [0.29, 0.717) is 5.76 Å². The monoisotopic (exact) mass is 363 g/mol. The van der Waals surface area contributed by atoms with E-state index in [1.165, 1.54) is 12.1 Å². The first-order valence-electron chi connectivity index (χ1n) is 8.80. The minimum Gasteiger partial charge on any atom is -0.478 e. The van der Waals surface area contributed by atoms with E-state index in [4.69, 9.17) is 9.52 Å². The van der Waals surface area contributed by atoms with Crippen LogP contribution in [-0.4, -0.2) is 16.1 Å². The van der Waals surface area contributed by atoms with Gasteiger partial charge in [-0.1, -0.05) is 25.5 Å². The fourth-order valence-electron chi connectivity index (χ4n) is 3.27. The lowest BCUT2D eigenvalue weighted by molar-refractivity contribution is 0.0697. The number of halogens is 1. The van der Waals surface area contributed by atoms with Crippen molar-refractivity contribution in [2.75, 3.05) is 0 Å². The Kier molecular flexibility index (Phi) is 4.28. The molecule has 0 unspecified atom stereocenters. The van der Waals surface area contributed by atoms with Gasteiger partial charge in [-0.2, -0.15) is 0 Å². The lowest BCUT2D eigenvalue weighted by atomic mass is 10.1. The number of aromatic nitrogens is 1. The van der Waals surface area contributed by atoms with E-state index in [9.17, 15) is 9.18 Å². The molecule has 0 fully saturated rings. The maximum atomic E-state index is 13.9. The number of carboxylic acid groups (broad SMARTS) is 1. The number of fused-ring (bicyclic) bond motifs is 1. The molecule has 0 saturated carbocycles. The Morgan fingerprint density at radius 1 is 1.07 bits per heavy atom. The van der Waals surface area contributed by atoms with Crippen molar-refractivity contribution in [1.29, 1.82) is 0 Å². The highest BCUT2D eigenvalue weighted by atomic mass is 19.1. The van der Waals surface area contributed by atoms with Crippen molar-refractivity contribution < 1.29 is 18.7 Å². The van der Waals surface area contributed by atoms with Crippen LogP contribution in [0, 0.1) is 5.82 Å². The number of H-pyrrole nitrogens is 1. The maximum Gasteiger partial charge on any atom is 0.335 e. The number of aromatic amines is 1. The highest BCUT2D eigenvalue weighted by molar-refractivity contribution is 5.88. The Hall–Kier alpha value is -3.34. The van der Waals surface area contributed by atoms with E-state index >= 15 is 0 Å². The van der Waals surface area contributed by atoms with Gasteiger partial charge in [0.1, 0.15) is 11.4 Å². The molecule has 4 rings (SSSR count). The molecule has 2 heterocycles. The van der Waals surface area contributed by atoms with Gasteiger partial charge in [-0.05, 0) is 60.0 Å². The number of hydrogen-bond acceptors (Lipinski definition) is 2. The zero-order chi connectivity index (χ0) is 19.0. The van der Waals surface area contributed by atoms with Crippen molar-refractivity contribution >= 4 is 16.9 Å². The maximum absolute atomic E-state index is 13.9. The van der Waals surface area contributed by atoms with E-state index in [2.05, 4.69) is 4.98 Å². The highest BCUT2D eigenvalue weighted by Gasteiger charge is 2.13. The lowest BCUT2D eigenvalue weighted by Crippen LogP contribution is -1.94. The van der Waals surface area contributed by atoms with Crippen LogP contribution < -0.4 is 0 Å². The largest absolute Gasteiger partial charge is 0.478 e. The van der Waals surface area contributed by atoms with Crippen LogP contribution in [0.3, 0.4) is 0 Å². The Bertz CT molecular complexity index is 1120. The smallest absolute Gasteiger partial charge is 0.335 e. The number of nitrogens with one attached hydrogen (secondary N) is 1. The van der Waals surface area contributed by atoms with Gasteiger partial charge in [-0.25, -0.2) is 9.18 Å². The third kappa shape index (κ3) is 3.24. The van der Waals surface area contributed by atoms with E-state index in [0.717, 1.165) is 46.3 Å². The minimum atomic E-state index is -0.953. The van der Waals surface area contributed by atoms with Crippen LogP contribution in [0.25, 0.3) is 33.7 Å². The quantitative estimate of drug-likeness (QED) is 0.465. The summed E-state index contributed by atoms with van der Waals surface area (Å²) in [6.07, 6.45) is 1.67. The fraction of sp³-hybridized carbons (Fsp3) is 0.136. The summed E-state index contributed by atoms with van der Waals surface area (Å²) >= 11 is 0. The molecule has 0 aliphatic heterocycles. The summed E-state index contributed by atoms with van der Waals surface area (Å²) in [5.74, 6) is -0.573. The van der Waals surface area contributed by atoms with Gasteiger partial charge in [-0.15, -0.1) is 0 Å². The van der Waals surface area contributed by atoms with Crippen molar-refractivity contribution in [1.82, 2.24) is 4.98 Å². The Morgan fingerprint density at radius 2 is 1.81 bits per heavy atom. The molecule has 0 amide bonds. The summed E-state index contributed by atoms with van der Waals surface area (Å²) in [5, 5.41) is 9.75. The molecule has 5 heteroatoms. The van der Waals surface area contributed by atoms with Gasteiger partial charge in [0.15, 0.2) is 5.76 Å². The highest BCUT2D eigenvalue weighted by Crippen LogP contribution is 2.32. The van der Waals surface area contributed by atoms with Crippen molar-refractivity contribution in [2.45, 2.75) is 19.8 Å². The van der Waals surface area contributed by atoms with Crippen molar-refractivity contribution in [2.24, 2.45) is 0 Å². The van der Waals surface area contributed by atoms with Gasteiger partial charge >= 0.3 is 5.97 Å². The van der Waals surface area contributed by atoms with E-state index in [1.807, 2.05) is 25.1 Å². The number of benzene rings is 2. The molecule has 0 saturated heterocycles. The number of carboxylic acids is 1. The van der Waals surface area contributed by atoms with Gasteiger partial charge < -0.3 is 14.5 Å². The fourth-order valence-corrected chi connectivity index (χ4v) is 3.27. The lowest BCUT2D eigenvalue weighted by Gasteiger charge is -2.00. The molecule has 0 atom stereocenters. The average molecular weight is 363 g/mol. The molecule has 0 spiro atoms. The van der Waals surface area contributed by atoms with Gasteiger partial charge in [-0.3, -0.25) is 0 Å².